The van der Waals surface area contributed by atoms with Gasteiger partial charge in [-0.05, 0) is 43.2 Å². The van der Waals surface area contributed by atoms with E-state index in [0.29, 0.717) is 12.2 Å². The minimum atomic E-state index is -0.162. The molecule has 132 valence electrons. The van der Waals surface area contributed by atoms with Crippen LogP contribution >= 0.6 is 0 Å². The van der Waals surface area contributed by atoms with Gasteiger partial charge in [0, 0.05) is 38.4 Å². The maximum absolute atomic E-state index is 11.9. The fourth-order valence-corrected chi connectivity index (χ4v) is 2.96. The molecule has 0 unspecified atom stereocenters. The third kappa shape index (κ3) is 4.26. The van der Waals surface area contributed by atoms with Crippen LogP contribution in [-0.4, -0.2) is 48.8 Å². The maximum atomic E-state index is 11.9. The number of anilines is 2. The van der Waals surface area contributed by atoms with E-state index in [9.17, 15) is 4.79 Å². The van der Waals surface area contributed by atoms with Crippen LogP contribution in [0.25, 0.3) is 0 Å². The third-order valence-corrected chi connectivity index (χ3v) is 4.39. The first kappa shape index (κ1) is 17.2. The van der Waals surface area contributed by atoms with Gasteiger partial charge < -0.3 is 15.1 Å². The first-order valence-corrected chi connectivity index (χ1v) is 8.86. The number of amides is 1. The largest absolute Gasteiger partial charge is 0.368 e. The SMILES string of the molecule is CCCNC(=O)c1ccc(N2CCN(c3cccc(C)c3)CC2)nn1. The Bertz CT molecular complexity index is 708. The van der Waals surface area contributed by atoms with Crippen molar-refractivity contribution in [3.05, 3.63) is 47.7 Å². The molecule has 0 atom stereocenters. The fraction of sp³-hybridized carbons (Fsp3) is 0.421. The number of piperazine rings is 1. The summed E-state index contributed by atoms with van der Waals surface area (Å²) in [6.07, 6.45) is 0.905. The molecule has 0 aliphatic carbocycles. The second-order valence-electron chi connectivity index (χ2n) is 6.35. The molecule has 1 amide bonds. The summed E-state index contributed by atoms with van der Waals surface area (Å²) in [4.78, 5) is 16.5. The van der Waals surface area contributed by atoms with Crippen LogP contribution in [0.15, 0.2) is 36.4 Å². The highest BCUT2D eigenvalue weighted by Crippen LogP contribution is 2.20. The number of aromatic nitrogens is 2. The number of nitrogens with zero attached hydrogens (tertiary/aromatic N) is 4. The molecule has 2 heterocycles. The van der Waals surface area contributed by atoms with Crippen molar-refractivity contribution in [3.8, 4) is 0 Å². The maximum Gasteiger partial charge on any atom is 0.271 e. The zero-order valence-electron chi connectivity index (χ0n) is 14.9. The lowest BCUT2D eigenvalue weighted by Gasteiger charge is -2.36. The molecule has 1 fully saturated rings. The van der Waals surface area contributed by atoms with E-state index in [1.54, 1.807) is 6.07 Å². The summed E-state index contributed by atoms with van der Waals surface area (Å²) >= 11 is 0. The molecule has 1 saturated heterocycles. The van der Waals surface area contributed by atoms with Gasteiger partial charge in [-0.2, -0.15) is 0 Å². The molecular formula is C19H25N5O. The predicted octanol–water partition coefficient (Wildman–Crippen LogP) is 2.25. The molecule has 0 bridgehead atoms. The smallest absolute Gasteiger partial charge is 0.271 e. The lowest BCUT2D eigenvalue weighted by atomic mass is 10.2. The number of aryl methyl sites for hydroxylation is 1. The Balaban J connectivity index is 1.58. The average Bonchev–Trinajstić information content (AvgIpc) is 2.66. The molecule has 1 N–H and O–H groups in total. The van der Waals surface area contributed by atoms with E-state index in [-0.39, 0.29) is 5.91 Å². The molecule has 1 aromatic heterocycles. The molecule has 3 rings (SSSR count). The molecule has 1 aliphatic rings. The molecule has 0 spiro atoms. The topological polar surface area (TPSA) is 61.4 Å². The van der Waals surface area contributed by atoms with E-state index >= 15 is 0 Å². The highest BCUT2D eigenvalue weighted by Gasteiger charge is 2.19. The van der Waals surface area contributed by atoms with Crippen molar-refractivity contribution < 1.29 is 4.79 Å². The monoisotopic (exact) mass is 339 g/mol. The van der Waals surface area contributed by atoms with Gasteiger partial charge >= 0.3 is 0 Å². The van der Waals surface area contributed by atoms with Crippen molar-refractivity contribution in [1.29, 1.82) is 0 Å². The average molecular weight is 339 g/mol. The van der Waals surface area contributed by atoms with Gasteiger partial charge in [0.1, 0.15) is 0 Å². The second-order valence-corrected chi connectivity index (χ2v) is 6.35. The number of hydrogen-bond donors (Lipinski definition) is 1. The quantitative estimate of drug-likeness (QED) is 0.905. The number of rotatable bonds is 5. The highest BCUT2D eigenvalue weighted by molar-refractivity contribution is 5.92. The number of carbonyl (C=O) groups excluding carboxylic acids is 1. The Morgan fingerprint density at radius 2 is 1.84 bits per heavy atom. The molecule has 2 aromatic rings. The van der Waals surface area contributed by atoms with E-state index in [1.807, 2.05) is 13.0 Å². The summed E-state index contributed by atoms with van der Waals surface area (Å²) in [7, 11) is 0. The van der Waals surface area contributed by atoms with Crippen LogP contribution < -0.4 is 15.1 Å². The van der Waals surface area contributed by atoms with Crippen LogP contribution in [0.5, 0.6) is 0 Å². The normalized spacial score (nSPS) is 14.5. The van der Waals surface area contributed by atoms with Crippen molar-refractivity contribution in [1.82, 2.24) is 15.5 Å². The molecule has 25 heavy (non-hydrogen) atoms. The zero-order chi connectivity index (χ0) is 17.6. The first-order valence-electron chi connectivity index (χ1n) is 8.86. The van der Waals surface area contributed by atoms with E-state index in [2.05, 4.69) is 56.5 Å². The lowest BCUT2D eigenvalue weighted by molar-refractivity contribution is 0.0947. The van der Waals surface area contributed by atoms with Crippen LogP contribution in [-0.2, 0) is 0 Å². The minimum Gasteiger partial charge on any atom is -0.368 e. The van der Waals surface area contributed by atoms with E-state index < -0.39 is 0 Å². The summed E-state index contributed by atoms with van der Waals surface area (Å²) in [5.41, 5.74) is 2.92. The summed E-state index contributed by atoms with van der Waals surface area (Å²) in [5.74, 6) is 0.668. The molecule has 0 radical (unpaired) electrons. The Morgan fingerprint density at radius 1 is 1.08 bits per heavy atom. The zero-order valence-corrected chi connectivity index (χ0v) is 14.9. The number of benzene rings is 1. The van der Waals surface area contributed by atoms with E-state index in [1.165, 1.54) is 11.3 Å². The fourth-order valence-electron chi connectivity index (χ4n) is 2.96. The summed E-state index contributed by atoms with van der Waals surface area (Å²) in [6, 6.07) is 12.2. The lowest BCUT2D eigenvalue weighted by Crippen LogP contribution is -2.47. The molecule has 0 saturated carbocycles. The Morgan fingerprint density at radius 3 is 2.48 bits per heavy atom. The van der Waals surface area contributed by atoms with Gasteiger partial charge in [-0.3, -0.25) is 4.79 Å². The molecule has 6 nitrogen and oxygen atoms in total. The van der Waals surface area contributed by atoms with Gasteiger partial charge in [-0.15, -0.1) is 10.2 Å². The van der Waals surface area contributed by atoms with Gasteiger partial charge in [0.25, 0.3) is 5.91 Å². The van der Waals surface area contributed by atoms with Crippen molar-refractivity contribution in [2.45, 2.75) is 20.3 Å². The van der Waals surface area contributed by atoms with Crippen molar-refractivity contribution in [3.63, 3.8) is 0 Å². The van der Waals surface area contributed by atoms with Crippen molar-refractivity contribution >= 4 is 17.4 Å². The summed E-state index contributed by atoms with van der Waals surface area (Å²) in [5, 5.41) is 11.1. The number of nitrogens with one attached hydrogen (secondary N) is 1. The highest BCUT2D eigenvalue weighted by atomic mass is 16.1. The molecular weight excluding hydrogens is 314 g/mol. The van der Waals surface area contributed by atoms with Crippen LogP contribution in [0, 0.1) is 6.92 Å². The third-order valence-electron chi connectivity index (χ3n) is 4.39. The minimum absolute atomic E-state index is 0.162. The summed E-state index contributed by atoms with van der Waals surface area (Å²) in [6.45, 7) is 8.48. The molecule has 1 aromatic carbocycles. The molecule has 1 aliphatic heterocycles. The van der Waals surface area contributed by atoms with Gasteiger partial charge in [-0.25, -0.2) is 0 Å². The van der Waals surface area contributed by atoms with Gasteiger partial charge in [-0.1, -0.05) is 19.1 Å². The van der Waals surface area contributed by atoms with Crippen LogP contribution in [0.3, 0.4) is 0 Å². The number of hydrogen-bond acceptors (Lipinski definition) is 5. The van der Waals surface area contributed by atoms with Gasteiger partial charge in [0.15, 0.2) is 11.5 Å². The van der Waals surface area contributed by atoms with Crippen LogP contribution in [0.2, 0.25) is 0 Å². The van der Waals surface area contributed by atoms with Crippen molar-refractivity contribution in [2.24, 2.45) is 0 Å². The number of carbonyl (C=O) groups is 1. The van der Waals surface area contributed by atoms with Crippen LogP contribution in [0.4, 0.5) is 11.5 Å². The Kier molecular flexibility index (Phi) is 5.48. The van der Waals surface area contributed by atoms with Gasteiger partial charge in [0.2, 0.25) is 0 Å². The first-order chi connectivity index (χ1) is 12.2. The van der Waals surface area contributed by atoms with Crippen LogP contribution in [0.1, 0.15) is 29.4 Å². The Hall–Kier alpha value is -2.63. The Labute approximate surface area is 148 Å². The summed E-state index contributed by atoms with van der Waals surface area (Å²) < 4.78 is 0. The van der Waals surface area contributed by atoms with Crippen molar-refractivity contribution in [2.75, 3.05) is 42.5 Å². The van der Waals surface area contributed by atoms with Gasteiger partial charge in [0.05, 0.1) is 0 Å². The van der Waals surface area contributed by atoms with E-state index in [4.69, 9.17) is 0 Å². The standard InChI is InChI=1S/C19H25N5O/c1-3-9-20-19(25)17-7-8-18(22-21-17)24-12-10-23(11-13-24)16-6-4-5-15(2)14-16/h4-8,14H,3,9-13H2,1-2H3,(H,20,25). The molecule has 6 heteroatoms. The second kappa shape index (κ2) is 7.96. The van der Waals surface area contributed by atoms with E-state index in [0.717, 1.165) is 38.4 Å². The predicted molar refractivity (Wildman–Crippen MR) is 100 cm³/mol.